The summed E-state index contributed by atoms with van der Waals surface area (Å²) in [5.41, 5.74) is 1.21. The second kappa shape index (κ2) is 5.05. The summed E-state index contributed by atoms with van der Waals surface area (Å²) in [7, 11) is 0. The van der Waals surface area contributed by atoms with E-state index in [1.165, 1.54) is 0 Å². The number of aliphatic hydroxyl groups excluding tert-OH is 3. The standard InChI is InChI=1S/C10H13N5O6/c16-1-3-5(17)6(18)9(21-3)15-7-4(13-10(15)14-20)8(19)12-2-11-7/h2-3,5-6,9,16-18,20H,1H2,(H,13,14)(H,11,12,19)/t3-,5+,6+,9-/m0/s1. The van der Waals surface area contributed by atoms with E-state index in [1.54, 1.807) is 5.48 Å². The first-order chi connectivity index (χ1) is 10.1. The van der Waals surface area contributed by atoms with Crippen LogP contribution in [0.15, 0.2) is 11.1 Å². The third kappa shape index (κ3) is 1.99. The van der Waals surface area contributed by atoms with Crippen molar-refractivity contribution in [2.45, 2.75) is 24.5 Å². The molecule has 11 heteroatoms. The van der Waals surface area contributed by atoms with Crippen LogP contribution >= 0.6 is 0 Å². The fraction of sp³-hybridized carbons (Fsp3) is 0.500. The summed E-state index contributed by atoms with van der Waals surface area (Å²) in [5, 5.41) is 38.0. The van der Waals surface area contributed by atoms with Gasteiger partial charge in [-0.1, -0.05) is 0 Å². The average Bonchev–Trinajstić information content (AvgIpc) is 2.99. The van der Waals surface area contributed by atoms with E-state index in [0.29, 0.717) is 0 Å². The van der Waals surface area contributed by atoms with Gasteiger partial charge in [-0.2, -0.15) is 0 Å². The SMILES string of the molecule is O=c1[nH]cnc2c1nc(NO)n2[C@H]1O[C@@H](CO)[C@@H](O)[C@H]1O. The van der Waals surface area contributed by atoms with E-state index in [1.807, 2.05) is 0 Å². The number of rotatable bonds is 3. The molecule has 1 fully saturated rings. The molecule has 0 amide bonds. The van der Waals surface area contributed by atoms with Gasteiger partial charge in [0.15, 0.2) is 17.4 Å². The molecule has 0 spiro atoms. The minimum atomic E-state index is -1.40. The number of aromatic amines is 1. The van der Waals surface area contributed by atoms with Gasteiger partial charge < -0.3 is 25.0 Å². The Bertz CT molecular complexity index is 714. The number of nitrogens with zero attached hydrogens (tertiary/aromatic N) is 3. The summed E-state index contributed by atoms with van der Waals surface area (Å²) in [4.78, 5) is 21.8. The molecule has 0 aromatic carbocycles. The predicted octanol–water partition coefficient (Wildman–Crippen LogP) is -2.47. The lowest BCUT2D eigenvalue weighted by atomic mass is 10.1. The minimum Gasteiger partial charge on any atom is -0.394 e. The van der Waals surface area contributed by atoms with E-state index in [0.717, 1.165) is 10.9 Å². The van der Waals surface area contributed by atoms with Crippen LogP contribution in [0, 0.1) is 0 Å². The maximum Gasteiger partial charge on any atom is 0.278 e. The summed E-state index contributed by atoms with van der Waals surface area (Å²) in [6, 6.07) is 0. The van der Waals surface area contributed by atoms with Crippen molar-refractivity contribution in [1.82, 2.24) is 19.5 Å². The van der Waals surface area contributed by atoms with E-state index in [2.05, 4.69) is 15.0 Å². The summed E-state index contributed by atoms with van der Waals surface area (Å²) >= 11 is 0. The summed E-state index contributed by atoms with van der Waals surface area (Å²) in [6.45, 7) is -0.503. The second-order valence-electron chi connectivity index (χ2n) is 4.55. The van der Waals surface area contributed by atoms with Crippen molar-refractivity contribution in [3.8, 4) is 0 Å². The fourth-order valence-corrected chi connectivity index (χ4v) is 2.33. The van der Waals surface area contributed by atoms with Crippen LogP contribution in [0.1, 0.15) is 6.23 Å². The van der Waals surface area contributed by atoms with Crippen LogP contribution in [0.4, 0.5) is 5.95 Å². The van der Waals surface area contributed by atoms with Crippen LogP contribution in [0.25, 0.3) is 11.2 Å². The molecule has 1 aliphatic rings. The molecule has 0 bridgehead atoms. The highest BCUT2D eigenvalue weighted by molar-refractivity contribution is 5.73. The lowest BCUT2D eigenvalue weighted by molar-refractivity contribution is -0.0505. The van der Waals surface area contributed by atoms with Crippen LogP contribution < -0.4 is 11.0 Å². The largest absolute Gasteiger partial charge is 0.394 e. The molecule has 2 aromatic rings. The Morgan fingerprint density at radius 3 is 2.81 bits per heavy atom. The monoisotopic (exact) mass is 299 g/mol. The molecule has 1 aliphatic heterocycles. The zero-order chi connectivity index (χ0) is 15.1. The molecule has 21 heavy (non-hydrogen) atoms. The van der Waals surface area contributed by atoms with Crippen molar-refractivity contribution in [2.75, 3.05) is 12.1 Å². The third-order valence-corrected chi connectivity index (χ3v) is 3.36. The third-order valence-electron chi connectivity index (χ3n) is 3.36. The Balaban J connectivity index is 2.16. The Morgan fingerprint density at radius 2 is 2.19 bits per heavy atom. The quantitative estimate of drug-likeness (QED) is 0.337. The molecule has 114 valence electrons. The normalized spacial score (nSPS) is 29.1. The first kappa shape index (κ1) is 13.9. The van der Waals surface area contributed by atoms with Gasteiger partial charge in [0.2, 0.25) is 5.95 Å². The Labute approximate surface area is 116 Å². The summed E-state index contributed by atoms with van der Waals surface area (Å²) in [5.74, 6) is -0.191. The number of hydrogen-bond acceptors (Lipinski definition) is 9. The Hall–Kier alpha value is -2.05. The molecule has 0 radical (unpaired) electrons. The molecule has 2 aromatic heterocycles. The van der Waals surface area contributed by atoms with Gasteiger partial charge >= 0.3 is 0 Å². The highest BCUT2D eigenvalue weighted by Crippen LogP contribution is 2.33. The van der Waals surface area contributed by atoms with Gasteiger partial charge in [-0.15, -0.1) is 0 Å². The minimum absolute atomic E-state index is 0.0464. The van der Waals surface area contributed by atoms with Crippen LogP contribution in [-0.4, -0.2) is 65.0 Å². The van der Waals surface area contributed by atoms with Crippen molar-refractivity contribution in [3.63, 3.8) is 0 Å². The van der Waals surface area contributed by atoms with Gasteiger partial charge in [0.25, 0.3) is 5.56 Å². The average molecular weight is 299 g/mol. The number of anilines is 1. The van der Waals surface area contributed by atoms with E-state index < -0.39 is 36.7 Å². The van der Waals surface area contributed by atoms with Gasteiger partial charge in [0.05, 0.1) is 12.9 Å². The molecule has 0 aliphatic carbocycles. The highest BCUT2D eigenvalue weighted by Gasteiger charge is 2.45. The maximum atomic E-state index is 11.7. The number of nitrogens with one attached hydrogen (secondary N) is 2. The number of H-pyrrole nitrogens is 1. The first-order valence-corrected chi connectivity index (χ1v) is 6.06. The van der Waals surface area contributed by atoms with Crippen molar-refractivity contribution >= 4 is 17.1 Å². The Morgan fingerprint density at radius 1 is 1.43 bits per heavy atom. The second-order valence-corrected chi connectivity index (χ2v) is 4.55. The zero-order valence-electron chi connectivity index (χ0n) is 10.5. The molecular formula is C10H13N5O6. The molecule has 3 rings (SSSR count). The molecule has 0 unspecified atom stereocenters. The van der Waals surface area contributed by atoms with Crippen LogP contribution in [0.3, 0.4) is 0 Å². The van der Waals surface area contributed by atoms with Crippen molar-refractivity contribution < 1.29 is 25.3 Å². The smallest absolute Gasteiger partial charge is 0.278 e. The molecule has 3 heterocycles. The van der Waals surface area contributed by atoms with Crippen molar-refractivity contribution in [3.05, 3.63) is 16.7 Å². The molecule has 1 saturated heterocycles. The van der Waals surface area contributed by atoms with Crippen LogP contribution in [0.5, 0.6) is 0 Å². The van der Waals surface area contributed by atoms with E-state index >= 15 is 0 Å². The number of aliphatic hydroxyl groups is 3. The van der Waals surface area contributed by atoms with Gasteiger partial charge in [-0.25, -0.2) is 15.4 Å². The first-order valence-electron chi connectivity index (χ1n) is 6.06. The number of hydrogen-bond donors (Lipinski definition) is 6. The molecular weight excluding hydrogens is 286 g/mol. The van der Waals surface area contributed by atoms with Crippen molar-refractivity contribution in [1.29, 1.82) is 0 Å². The fourth-order valence-electron chi connectivity index (χ4n) is 2.33. The van der Waals surface area contributed by atoms with Gasteiger partial charge in [-0.3, -0.25) is 14.6 Å². The molecule has 0 saturated carbocycles. The number of imidazole rings is 1. The maximum absolute atomic E-state index is 11.7. The lowest BCUT2D eigenvalue weighted by Crippen LogP contribution is -2.33. The summed E-state index contributed by atoms with van der Waals surface area (Å²) in [6.07, 6.45) is -3.77. The van der Waals surface area contributed by atoms with E-state index in [-0.39, 0.29) is 17.1 Å². The van der Waals surface area contributed by atoms with Gasteiger partial charge in [0, 0.05) is 0 Å². The van der Waals surface area contributed by atoms with Crippen molar-refractivity contribution in [2.24, 2.45) is 0 Å². The van der Waals surface area contributed by atoms with E-state index in [9.17, 15) is 15.0 Å². The summed E-state index contributed by atoms with van der Waals surface area (Å²) < 4.78 is 6.47. The highest BCUT2D eigenvalue weighted by atomic mass is 16.6. The number of fused-ring (bicyclic) bond motifs is 1. The number of ether oxygens (including phenoxy) is 1. The predicted molar refractivity (Wildman–Crippen MR) is 66.6 cm³/mol. The number of aromatic nitrogens is 4. The van der Waals surface area contributed by atoms with Crippen LogP contribution in [0.2, 0.25) is 0 Å². The van der Waals surface area contributed by atoms with E-state index in [4.69, 9.17) is 15.1 Å². The van der Waals surface area contributed by atoms with Gasteiger partial charge in [-0.05, 0) is 0 Å². The molecule has 6 N–H and O–H groups in total. The van der Waals surface area contributed by atoms with Gasteiger partial charge in [0.1, 0.15) is 18.3 Å². The van der Waals surface area contributed by atoms with Crippen LogP contribution in [-0.2, 0) is 4.74 Å². The molecule has 11 nitrogen and oxygen atoms in total. The lowest BCUT2D eigenvalue weighted by Gasteiger charge is -2.18. The molecule has 4 atom stereocenters. The zero-order valence-corrected chi connectivity index (χ0v) is 10.5. The Kier molecular flexibility index (Phi) is 3.35. The topological polar surface area (TPSA) is 166 Å².